The molecule has 0 atom stereocenters. The number of rotatable bonds is 2. The molecule has 0 aliphatic heterocycles. The van der Waals surface area contributed by atoms with E-state index in [4.69, 9.17) is 5.11 Å². The van der Waals surface area contributed by atoms with Crippen molar-refractivity contribution >= 4 is 11.8 Å². The van der Waals surface area contributed by atoms with E-state index in [0.29, 0.717) is 6.08 Å². The topological polar surface area (TPSA) is 37.3 Å². The van der Waals surface area contributed by atoms with Gasteiger partial charge in [0.05, 0.1) is 6.08 Å². The summed E-state index contributed by atoms with van der Waals surface area (Å²) in [4.78, 5) is 10.1. The van der Waals surface area contributed by atoms with Crippen LogP contribution < -0.4 is 0 Å². The molecule has 0 bridgehead atoms. The lowest BCUT2D eigenvalue weighted by Gasteiger charge is -1.93. The minimum absolute atomic E-state index is 0. The van der Waals surface area contributed by atoms with Crippen molar-refractivity contribution in [2.24, 2.45) is 0 Å². The summed E-state index contributed by atoms with van der Waals surface area (Å²) in [5.41, 5.74) is 0.278. The van der Waals surface area contributed by atoms with Crippen molar-refractivity contribution in [1.82, 2.24) is 0 Å². The van der Waals surface area contributed by atoms with Crippen LogP contribution in [-0.2, 0) is 4.79 Å². The fourth-order valence-electron chi connectivity index (χ4n) is 0.789. The maximum absolute atomic E-state index is 12.9. The highest BCUT2D eigenvalue weighted by Crippen LogP contribution is 2.14. The molecule has 1 N–H and O–H groups in total. The van der Waals surface area contributed by atoms with E-state index in [0.717, 1.165) is 0 Å². The van der Waals surface area contributed by atoms with Gasteiger partial charge in [-0.05, 0) is 0 Å². The molecule has 0 radical (unpaired) electrons. The normalized spacial score (nSPS) is 10.4. The summed E-state index contributed by atoms with van der Waals surface area (Å²) < 4.78 is 12.9. The number of aliphatic carboxylic acids is 1. The molecule has 1 rings (SSSR count). The second-order valence-corrected chi connectivity index (χ2v) is 2.20. The highest BCUT2D eigenvalue weighted by molar-refractivity contribution is 5.87. The third-order valence-corrected chi connectivity index (χ3v) is 1.30. The molecule has 0 saturated carbocycles. The number of halogens is 2. The molecule has 0 spiro atoms. The van der Waals surface area contributed by atoms with Crippen molar-refractivity contribution in [3.63, 3.8) is 0 Å². The zero-order valence-corrected chi connectivity index (χ0v) is 6.61. The molecule has 0 aliphatic carbocycles. The van der Waals surface area contributed by atoms with E-state index in [2.05, 4.69) is 0 Å². The van der Waals surface area contributed by atoms with E-state index in [1.54, 1.807) is 18.2 Å². The average Bonchev–Trinajstić information content (AvgIpc) is 2.05. The Morgan fingerprint density at radius 3 is 2.31 bits per heavy atom. The first-order valence-corrected chi connectivity index (χ1v) is 3.35. The molecular formula is C9H8F2O2. The van der Waals surface area contributed by atoms with Crippen LogP contribution in [0.5, 0.6) is 0 Å². The fraction of sp³-hybridized carbons (Fsp3) is 0. The molecule has 0 fully saturated rings. The van der Waals surface area contributed by atoms with Crippen LogP contribution in [0.2, 0.25) is 0 Å². The Bertz CT molecular complexity index is 307. The van der Waals surface area contributed by atoms with Gasteiger partial charge in [0.15, 0.2) is 0 Å². The first-order valence-electron chi connectivity index (χ1n) is 3.35. The van der Waals surface area contributed by atoms with E-state index < -0.39 is 11.8 Å². The van der Waals surface area contributed by atoms with Gasteiger partial charge >= 0.3 is 5.97 Å². The van der Waals surface area contributed by atoms with Gasteiger partial charge in [0.2, 0.25) is 0 Å². The SMILES string of the molecule is F.O=C(O)C=C(F)c1ccccc1. The van der Waals surface area contributed by atoms with Crippen molar-refractivity contribution in [3.05, 3.63) is 42.0 Å². The number of hydrogen-bond acceptors (Lipinski definition) is 1. The lowest BCUT2D eigenvalue weighted by atomic mass is 10.2. The second-order valence-electron chi connectivity index (χ2n) is 2.20. The monoisotopic (exact) mass is 186 g/mol. The number of carboxylic acid groups (broad SMARTS) is 1. The molecule has 0 heterocycles. The predicted molar refractivity (Wildman–Crippen MR) is 45.7 cm³/mol. The first-order chi connectivity index (χ1) is 5.70. The minimum atomic E-state index is -1.28. The van der Waals surface area contributed by atoms with Gasteiger partial charge in [-0.15, -0.1) is 0 Å². The van der Waals surface area contributed by atoms with Gasteiger partial charge in [-0.3, -0.25) is 4.70 Å². The summed E-state index contributed by atoms with van der Waals surface area (Å²) in [5, 5.41) is 8.23. The Balaban J connectivity index is 0.00000144. The zero-order chi connectivity index (χ0) is 8.97. The van der Waals surface area contributed by atoms with Crippen LogP contribution in [0.1, 0.15) is 5.56 Å². The van der Waals surface area contributed by atoms with E-state index in [1.165, 1.54) is 12.1 Å². The van der Waals surface area contributed by atoms with Crippen LogP contribution in [0.3, 0.4) is 0 Å². The van der Waals surface area contributed by atoms with Crippen molar-refractivity contribution in [2.45, 2.75) is 0 Å². The first kappa shape index (κ1) is 11.3. The average molecular weight is 186 g/mol. The molecule has 0 unspecified atom stereocenters. The Kier molecular flexibility index (Phi) is 4.37. The lowest BCUT2D eigenvalue weighted by molar-refractivity contribution is -0.131. The van der Waals surface area contributed by atoms with E-state index >= 15 is 0 Å². The predicted octanol–water partition coefficient (Wildman–Crippen LogP) is 2.23. The van der Waals surface area contributed by atoms with E-state index in [9.17, 15) is 9.18 Å². The van der Waals surface area contributed by atoms with Gasteiger partial charge in [-0.2, -0.15) is 0 Å². The number of carbonyl (C=O) groups is 1. The van der Waals surface area contributed by atoms with Crippen LogP contribution in [0.25, 0.3) is 5.83 Å². The van der Waals surface area contributed by atoms with Crippen molar-refractivity contribution in [2.75, 3.05) is 0 Å². The van der Waals surface area contributed by atoms with Crippen LogP contribution in [0.15, 0.2) is 36.4 Å². The molecule has 0 aromatic heterocycles. The molecule has 13 heavy (non-hydrogen) atoms. The van der Waals surface area contributed by atoms with Crippen molar-refractivity contribution < 1.29 is 19.0 Å². The zero-order valence-electron chi connectivity index (χ0n) is 6.61. The minimum Gasteiger partial charge on any atom is -0.478 e. The summed E-state index contributed by atoms with van der Waals surface area (Å²) in [6.45, 7) is 0. The molecule has 0 saturated heterocycles. The quantitative estimate of drug-likeness (QED) is 0.719. The number of hydrogen-bond donors (Lipinski definition) is 1. The van der Waals surface area contributed by atoms with Crippen molar-refractivity contribution in [1.29, 1.82) is 0 Å². The van der Waals surface area contributed by atoms with Crippen LogP contribution in [0, 0.1) is 0 Å². The molecule has 0 aliphatic rings. The van der Waals surface area contributed by atoms with Gasteiger partial charge in [-0.1, -0.05) is 30.3 Å². The Morgan fingerprint density at radius 1 is 1.31 bits per heavy atom. The Morgan fingerprint density at radius 2 is 1.85 bits per heavy atom. The summed E-state index contributed by atoms with van der Waals surface area (Å²) in [6.07, 6.45) is 0.537. The lowest BCUT2D eigenvalue weighted by Crippen LogP contribution is -1.88. The standard InChI is InChI=1S/C9H7FO2.FH/c10-8(6-9(11)12)7-4-2-1-3-5-7;/h1-6H,(H,11,12);1H. The third-order valence-electron chi connectivity index (χ3n) is 1.30. The molecule has 0 amide bonds. The number of carboxylic acids is 1. The maximum atomic E-state index is 12.9. The Hall–Kier alpha value is -1.71. The van der Waals surface area contributed by atoms with E-state index in [1.807, 2.05) is 0 Å². The van der Waals surface area contributed by atoms with Gasteiger partial charge in [0, 0.05) is 5.56 Å². The fourth-order valence-corrected chi connectivity index (χ4v) is 0.789. The van der Waals surface area contributed by atoms with Gasteiger partial charge in [-0.25, -0.2) is 9.18 Å². The summed E-state index contributed by atoms with van der Waals surface area (Å²) in [6, 6.07) is 8.04. The number of benzene rings is 1. The van der Waals surface area contributed by atoms with Gasteiger partial charge in [0.25, 0.3) is 0 Å². The molecule has 2 nitrogen and oxygen atoms in total. The van der Waals surface area contributed by atoms with Gasteiger partial charge in [0.1, 0.15) is 5.83 Å². The third kappa shape index (κ3) is 3.46. The molecule has 1 aromatic carbocycles. The summed E-state index contributed by atoms with van der Waals surface area (Å²) >= 11 is 0. The largest absolute Gasteiger partial charge is 0.478 e. The highest BCUT2D eigenvalue weighted by Gasteiger charge is 2.00. The Labute approximate surface area is 73.7 Å². The van der Waals surface area contributed by atoms with E-state index in [-0.39, 0.29) is 10.3 Å². The highest BCUT2D eigenvalue weighted by atomic mass is 19.1. The van der Waals surface area contributed by atoms with Crippen molar-refractivity contribution in [3.8, 4) is 0 Å². The van der Waals surface area contributed by atoms with Gasteiger partial charge < -0.3 is 5.11 Å². The molecular weight excluding hydrogens is 178 g/mol. The van der Waals surface area contributed by atoms with Crippen LogP contribution >= 0.6 is 0 Å². The summed E-state index contributed by atoms with van der Waals surface area (Å²) in [7, 11) is 0. The van der Waals surface area contributed by atoms with Crippen LogP contribution in [0.4, 0.5) is 9.09 Å². The molecule has 1 aromatic rings. The summed E-state index contributed by atoms with van der Waals surface area (Å²) in [5.74, 6) is -2.01. The molecule has 70 valence electrons. The smallest absolute Gasteiger partial charge is 0.331 e. The second kappa shape index (κ2) is 5.03. The van der Waals surface area contributed by atoms with Crippen LogP contribution in [-0.4, -0.2) is 11.1 Å². The maximum Gasteiger partial charge on any atom is 0.331 e. The molecule has 4 heteroatoms.